The number of aliphatic hydroxyl groups is 1. The van der Waals surface area contributed by atoms with Crippen molar-refractivity contribution in [2.45, 2.75) is 65.0 Å². The van der Waals surface area contributed by atoms with Crippen LogP contribution in [0.1, 0.15) is 58.2 Å². The van der Waals surface area contributed by atoms with Crippen molar-refractivity contribution in [3.05, 3.63) is 5.69 Å². The van der Waals surface area contributed by atoms with Crippen LogP contribution in [0.25, 0.3) is 0 Å². The molecule has 1 aliphatic carbocycles. The smallest absolute Gasteiger partial charge is 0.148 e. The molecule has 2 rings (SSSR count). The minimum Gasteiger partial charge on any atom is -0.394 e. The SMILES string of the molecule is Cc1nn(C(C)C)c(NCC2(O)CCC(C)CC2)c1N. The molecule has 0 unspecified atom stereocenters. The Morgan fingerprint density at radius 3 is 2.60 bits per heavy atom. The quantitative estimate of drug-likeness (QED) is 0.792. The molecule has 0 radical (unpaired) electrons. The third-order valence-electron chi connectivity index (χ3n) is 4.41. The van der Waals surface area contributed by atoms with Gasteiger partial charge in [0.1, 0.15) is 5.82 Å². The molecule has 1 aliphatic rings. The predicted molar refractivity (Wildman–Crippen MR) is 82.8 cm³/mol. The Morgan fingerprint density at radius 2 is 2.05 bits per heavy atom. The average molecular weight is 280 g/mol. The number of hydrogen-bond donors (Lipinski definition) is 3. The Bertz CT molecular complexity index is 459. The van der Waals surface area contributed by atoms with E-state index in [0.717, 1.165) is 43.1 Å². The lowest BCUT2D eigenvalue weighted by molar-refractivity contribution is 0.00488. The summed E-state index contributed by atoms with van der Waals surface area (Å²) in [5.41, 5.74) is 7.01. The van der Waals surface area contributed by atoms with Crippen molar-refractivity contribution < 1.29 is 5.11 Å². The fourth-order valence-electron chi connectivity index (χ4n) is 2.83. The maximum absolute atomic E-state index is 10.6. The molecule has 4 N–H and O–H groups in total. The van der Waals surface area contributed by atoms with Gasteiger partial charge in [-0.2, -0.15) is 5.10 Å². The van der Waals surface area contributed by atoms with Gasteiger partial charge in [-0.05, 0) is 52.4 Å². The van der Waals surface area contributed by atoms with Gasteiger partial charge in [-0.15, -0.1) is 0 Å². The largest absolute Gasteiger partial charge is 0.394 e. The van der Waals surface area contributed by atoms with E-state index in [0.29, 0.717) is 12.2 Å². The van der Waals surface area contributed by atoms with Crippen molar-refractivity contribution in [2.75, 3.05) is 17.6 Å². The summed E-state index contributed by atoms with van der Waals surface area (Å²) in [4.78, 5) is 0. The summed E-state index contributed by atoms with van der Waals surface area (Å²) in [5.74, 6) is 1.56. The van der Waals surface area contributed by atoms with Gasteiger partial charge >= 0.3 is 0 Å². The second-order valence-corrected chi connectivity index (χ2v) is 6.65. The standard InChI is InChI=1S/C15H28N4O/c1-10(2)19-14(13(16)12(4)18-19)17-9-15(20)7-5-11(3)6-8-15/h10-11,17,20H,5-9,16H2,1-4H3. The Hall–Kier alpha value is -1.23. The number of aryl methyl sites for hydroxylation is 1. The minimum absolute atomic E-state index is 0.245. The van der Waals surface area contributed by atoms with E-state index in [2.05, 4.69) is 31.2 Å². The molecule has 114 valence electrons. The highest BCUT2D eigenvalue weighted by Gasteiger charge is 2.32. The Labute approximate surface area is 121 Å². The van der Waals surface area contributed by atoms with Crippen LogP contribution in [0.2, 0.25) is 0 Å². The van der Waals surface area contributed by atoms with E-state index < -0.39 is 5.60 Å². The summed E-state index contributed by atoms with van der Waals surface area (Å²) >= 11 is 0. The summed E-state index contributed by atoms with van der Waals surface area (Å²) in [6.07, 6.45) is 3.90. The van der Waals surface area contributed by atoms with Crippen LogP contribution in [-0.2, 0) is 0 Å². The molecule has 0 aliphatic heterocycles. The molecule has 1 aromatic rings. The number of hydrogen-bond acceptors (Lipinski definition) is 4. The van der Waals surface area contributed by atoms with E-state index >= 15 is 0 Å². The van der Waals surface area contributed by atoms with Crippen LogP contribution >= 0.6 is 0 Å². The van der Waals surface area contributed by atoms with Gasteiger partial charge in [-0.3, -0.25) is 0 Å². The van der Waals surface area contributed by atoms with Crippen LogP contribution in [0.3, 0.4) is 0 Å². The van der Waals surface area contributed by atoms with Crippen LogP contribution in [0.4, 0.5) is 11.5 Å². The lowest BCUT2D eigenvalue weighted by atomic mass is 9.79. The van der Waals surface area contributed by atoms with Crippen molar-refractivity contribution in [3.8, 4) is 0 Å². The number of nitrogens with zero attached hydrogens (tertiary/aromatic N) is 2. The van der Waals surface area contributed by atoms with Crippen LogP contribution in [0.5, 0.6) is 0 Å². The number of nitrogens with one attached hydrogen (secondary N) is 1. The topological polar surface area (TPSA) is 76.1 Å². The second kappa shape index (κ2) is 5.64. The Kier molecular flexibility index (Phi) is 4.28. The van der Waals surface area contributed by atoms with Crippen molar-refractivity contribution in [1.82, 2.24) is 9.78 Å². The Balaban J connectivity index is 2.07. The number of rotatable bonds is 4. The minimum atomic E-state index is -0.612. The number of nitrogen functional groups attached to an aromatic ring is 1. The highest BCUT2D eigenvalue weighted by Crippen LogP contribution is 2.33. The van der Waals surface area contributed by atoms with Gasteiger partial charge < -0.3 is 16.2 Å². The fourth-order valence-corrected chi connectivity index (χ4v) is 2.83. The zero-order chi connectivity index (χ0) is 14.9. The van der Waals surface area contributed by atoms with E-state index in [9.17, 15) is 5.11 Å². The van der Waals surface area contributed by atoms with Gasteiger partial charge in [0.05, 0.1) is 17.0 Å². The van der Waals surface area contributed by atoms with Crippen LogP contribution in [-0.4, -0.2) is 27.0 Å². The third-order valence-corrected chi connectivity index (χ3v) is 4.41. The van der Waals surface area contributed by atoms with Gasteiger partial charge in [-0.25, -0.2) is 4.68 Å². The average Bonchev–Trinajstić information content (AvgIpc) is 2.68. The van der Waals surface area contributed by atoms with Gasteiger partial charge in [0, 0.05) is 12.6 Å². The maximum Gasteiger partial charge on any atom is 0.148 e. The van der Waals surface area contributed by atoms with Crippen molar-refractivity contribution in [3.63, 3.8) is 0 Å². The van der Waals surface area contributed by atoms with Crippen molar-refractivity contribution in [2.24, 2.45) is 5.92 Å². The summed E-state index contributed by atoms with van der Waals surface area (Å²) in [5, 5.41) is 18.4. The summed E-state index contributed by atoms with van der Waals surface area (Å²) < 4.78 is 1.90. The summed E-state index contributed by atoms with van der Waals surface area (Å²) in [7, 11) is 0. The molecule has 0 bridgehead atoms. The van der Waals surface area contributed by atoms with E-state index in [1.54, 1.807) is 0 Å². The van der Waals surface area contributed by atoms with Crippen LogP contribution in [0, 0.1) is 12.8 Å². The highest BCUT2D eigenvalue weighted by molar-refractivity contribution is 5.65. The van der Waals surface area contributed by atoms with E-state index in [-0.39, 0.29) is 6.04 Å². The first-order valence-corrected chi connectivity index (χ1v) is 7.63. The molecule has 0 spiro atoms. The number of nitrogens with two attached hydrogens (primary N) is 1. The first-order valence-electron chi connectivity index (χ1n) is 7.63. The summed E-state index contributed by atoms with van der Waals surface area (Å²) in [6.45, 7) is 8.86. The second-order valence-electron chi connectivity index (χ2n) is 6.65. The first-order chi connectivity index (χ1) is 9.32. The molecule has 1 fully saturated rings. The molecule has 5 heteroatoms. The van der Waals surface area contributed by atoms with E-state index in [4.69, 9.17) is 5.73 Å². The zero-order valence-corrected chi connectivity index (χ0v) is 13.1. The zero-order valence-electron chi connectivity index (χ0n) is 13.1. The first kappa shape index (κ1) is 15.2. The van der Waals surface area contributed by atoms with E-state index in [1.165, 1.54) is 0 Å². The van der Waals surface area contributed by atoms with Crippen LogP contribution in [0.15, 0.2) is 0 Å². The van der Waals surface area contributed by atoms with Gasteiger partial charge in [0.2, 0.25) is 0 Å². The third kappa shape index (κ3) is 3.08. The number of aromatic nitrogens is 2. The van der Waals surface area contributed by atoms with Crippen LogP contribution < -0.4 is 11.1 Å². The van der Waals surface area contributed by atoms with Gasteiger partial charge in [-0.1, -0.05) is 6.92 Å². The monoisotopic (exact) mass is 280 g/mol. The molecule has 0 saturated heterocycles. The molecular weight excluding hydrogens is 252 g/mol. The number of anilines is 2. The fraction of sp³-hybridized carbons (Fsp3) is 0.800. The van der Waals surface area contributed by atoms with Crippen molar-refractivity contribution >= 4 is 11.5 Å². The van der Waals surface area contributed by atoms with E-state index in [1.807, 2.05) is 11.6 Å². The molecular formula is C15H28N4O. The Morgan fingerprint density at radius 1 is 1.45 bits per heavy atom. The molecule has 0 amide bonds. The predicted octanol–water partition coefficient (Wildman–Crippen LogP) is 2.71. The molecule has 1 heterocycles. The van der Waals surface area contributed by atoms with Crippen molar-refractivity contribution in [1.29, 1.82) is 0 Å². The molecule has 20 heavy (non-hydrogen) atoms. The normalized spacial score (nSPS) is 27.0. The maximum atomic E-state index is 10.6. The summed E-state index contributed by atoms with van der Waals surface area (Å²) in [6, 6.07) is 0.245. The molecule has 1 saturated carbocycles. The molecule has 0 aromatic carbocycles. The van der Waals surface area contributed by atoms with Gasteiger partial charge in [0.15, 0.2) is 0 Å². The molecule has 1 aromatic heterocycles. The lowest BCUT2D eigenvalue weighted by Crippen LogP contribution is -2.40. The lowest BCUT2D eigenvalue weighted by Gasteiger charge is -2.35. The highest BCUT2D eigenvalue weighted by atomic mass is 16.3. The molecule has 5 nitrogen and oxygen atoms in total. The molecule has 0 atom stereocenters. The van der Waals surface area contributed by atoms with Gasteiger partial charge in [0.25, 0.3) is 0 Å².